The zero-order valence-corrected chi connectivity index (χ0v) is 48.1. The normalized spacial score (nSPS) is 16.3. The maximum absolute atomic E-state index is 13.8. The quantitative estimate of drug-likeness (QED) is 0.0493. The maximum atomic E-state index is 13.8. The summed E-state index contributed by atoms with van der Waals surface area (Å²) in [6.45, 7) is 19.5. The predicted molar refractivity (Wildman–Crippen MR) is 310 cm³/mol. The fraction of sp³-hybridized carbons (Fsp3) is 0.393. The Kier molecular flexibility index (Phi) is 17.7. The number of ether oxygens (including phenoxy) is 3. The van der Waals surface area contributed by atoms with Crippen LogP contribution < -0.4 is 41.4 Å². The minimum Gasteiger partial charge on any atom is -0.496 e. The lowest BCUT2D eigenvalue weighted by atomic mass is 10.1. The topological polar surface area (TPSA) is 294 Å². The third kappa shape index (κ3) is 12.1. The number of aromatic nitrogens is 8. The van der Waals surface area contributed by atoms with Crippen molar-refractivity contribution in [2.45, 2.75) is 67.5 Å². The number of methoxy groups -OCH3 is 2. The van der Waals surface area contributed by atoms with E-state index in [9.17, 15) is 19.2 Å². The second kappa shape index (κ2) is 24.8. The van der Waals surface area contributed by atoms with Crippen LogP contribution in [-0.4, -0.2) is 153 Å². The van der Waals surface area contributed by atoms with E-state index in [1.165, 1.54) is 22.6 Å². The summed E-state index contributed by atoms with van der Waals surface area (Å²) in [5.74, 6) is 0.891. The molecule has 0 unspecified atom stereocenters. The highest BCUT2D eigenvalue weighted by Crippen LogP contribution is 2.44. The number of H-pyrrole nitrogens is 2. The van der Waals surface area contributed by atoms with Gasteiger partial charge in [-0.25, -0.2) is 9.97 Å². The van der Waals surface area contributed by atoms with Crippen LogP contribution in [0.1, 0.15) is 101 Å². The number of amides is 4. The van der Waals surface area contributed by atoms with Crippen molar-refractivity contribution in [3.63, 3.8) is 0 Å². The minimum atomic E-state index is -0.340. The number of anilines is 4. The smallest absolute Gasteiger partial charge is 0.260 e. The number of morpholine rings is 1. The summed E-state index contributed by atoms with van der Waals surface area (Å²) in [4.78, 5) is 93.3. The fourth-order valence-electron chi connectivity index (χ4n) is 10.5. The number of nitrogens with two attached hydrogens (primary N) is 2. The Morgan fingerprint density at radius 2 is 1.05 bits per heavy atom. The molecule has 4 amide bonds. The first kappa shape index (κ1) is 57.7. The number of nitrogens with one attached hydrogen (secondary N) is 4. The molecule has 10 heterocycles. The maximum Gasteiger partial charge on any atom is 0.260 e. The second-order valence-corrected chi connectivity index (χ2v) is 20.8. The highest BCUT2D eigenvalue weighted by atomic mass is 35.5. The molecule has 25 heteroatoms. The van der Waals surface area contributed by atoms with E-state index in [0.29, 0.717) is 111 Å². The first-order valence-corrected chi connectivity index (χ1v) is 27.3. The Bertz CT molecular complexity index is 3490. The van der Waals surface area contributed by atoms with Gasteiger partial charge in [0.15, 0.2) is 11.6 Å². The van der Waals surface area contributed by atoms with E-state index in [2.05, 4.69) is 60.3 Å². The van der Waals surface area contributed by atoms with Gasteiger partial charge in [0.1, 0.15) is 21.8 Å². The number of carbonyl (C=O) groups is 4. The molecule has 0 spiro atoms. The van der Waals surface area contributed by atoms with Gasteiger partial charge in [0.05, 0.1) is 85.3 Å². The molecule has 6 aromatic heterocycles. The van der Waals surface area contributed by atoms with Crippen LogP contribution in [0.4, 0.5) is 23.5 Å². The molecule has 6 aromatic rings. The van der Waals surface area contributed by atoms with Gasteiger partial charge in [-0.3, -0.25) is 43.8 Å². The van der Waals surface area contributed by atoms with Crippen LogP contribution in [0.2, 0.25) is 10.3 Å². The predicted octanol–water partition coefficient (Wildman–Crippen LogP) is 5.80. The molecule has 4 aliphatic heterocycles. The monoisotopic (exact) mass is 1140 g/mol. The van der Waals surface area contributed by atoms with Crippen molar-refractivity contribution < 1.29 is 33.4 Å². The minimum absolute atomic E-state index is 0.0436. The van der Waals surface area contributed by atoms with Crippen LogP contribution >= 0.6 is 23.2 Å². The van der Waals surface area contributed by atoms with Crippen LogP contribution in [0.15, 0.2) is 24.8 Å². The van der Waals surface area contributed by atoms with E-state index in [1.807, 2.05) is 41.5 Å². The Hall–Kier alpha value is -7.96. The Morgan fingerprint density at radius 1 is 0.642 bits per heavy atom. The van der Waals surface area contributed by atoms with Crippen molar-refractivity contribution in [3.05, 3.63) is 114 Å². The summed E-state index contributed by atoms with van der Waals surface area (Å²) in [6, 6.07) is 0. The number of hydrogen-bond acceptors (Lipinski definition) is 17. The molecule has 426 valence electrons. The number of aryl methyl sites for hydroxylation is 2. The van der Waals surface area contributed by atoms with Crippen LogP contribution in [-0.2, 0) is 27.4 Å². The van der Waals surface area contributed by atoms with E-state index in [0.717, 1.165) is 61.5 Å². The van der Waals surface area contributed by atoms with Gasteiger partial charge < -0.3 is 51.2 Å². The van der Waals surface area contributed by atoms with E-state index >= 15 is 0 Å². The highest BCUT2D eigenvalue weighted by molar-refractivity contribution is 6.42. The van der Waals surface area contributed by atoms with E-state index < -0.39 is 0 Å². The van der Waals surface area contributed by atoms with Crippen LogP contribution in [0, 0.1) is 41.5 Å². The number of fused-ring (bicyclic) bond motifs is 2. The van der Waals surface area contributed by atoms with Gasteiger partial charge in [-0.05, 0) is 90.8 Å². The average Bonchev–Trinajstić information content (AvgIpc) is 4.29. The standard InChI is InChI=1S/C28H33ClN8O4.C28H33ClN8O3/c1-15-12-32-21(17(3)23(15)40-4)14-37-25-22(24(29)34-28(30)35-25)18(27(37)39)11-20-16(2)19(13-33-20)26(38)31-5-6-36-7-9-41-10-8-36;1-15-12-32-21(17(3)23(15)40-4)14-37-25-22(24(29)34-28(30)35-25)18(27(37)39)11-20-16(2)19(13-33-20)26(38)31-7-10-36-8-5-6-9-36/h11-13,33H,5-10,14H2,1-4H3,(H,31,38)(H2,30,34,35);11-13,33H,5-10,14H2,1-4H3,(H,31,38)(H2,30,34,35)/b2*18-11-. The number of hydrogen-bond donors (Lipinski definition) is 6. The third-order valence-corrected chi connectivity index (χ3v) is 15.5. The van der Waals surface area contributed by atoms with E-state index in [4.69, 9.17) is 48.9 Å². The molecule has 0 aromatic carbocycles. The molecule has 4 aliphatic rings. The first-order chi connectivity index (χ1) is 38.9. The third-order valence-electron chi connectivity index (χ3n) is 15.0. The summed E-state index contributed by atoms with van der Waals surface area (Å²) >= 11 is 13.0. The number of aromatic amines is 2. The number of nitrogens with zero attached hydrogens (tertiary/aromatic N) is 10. The molecule has 2 fully saturated rings. The molecular weight excluding hydrogens is 1080 g/mol. The van der Waals surface area contributed by atoms with Gasteiger partial charge in [-0.2, -0.15) is 9.97 Å². The lowest BCUT2D eigenvalue weighted by Crippen LogP contribution is -2.41. The molecular formula is C56H66Cl2N16O7. The van der Waals surface area contributed by atoms with Crippen molar-refractivity contribution >= 4 is 93.7 Å². The van der Waals surface area contributed by atoms with Gasteiger partial charge in [-0.1, -0.05) is 23.2 Å². The number of likely N-dealkylation sites (tertiary alicyclic amines) is 1. The number of carbonyl (C=O) groups excluding carboxylic acids is 4. The first-order valence-electron chi connectivity index (χ1n) is 26.6. The van der Waals surface area contributed by atoms with E-state index in [-0.39, 0.29) is 64.5 Å². The van der Waals surface area contributed by atoms with Crippen LogP contribution in [0.25, 0.3) is 23.3 Å². The van der Waals surface area contributed by atoms with Crippen molar-refractivity contribution in [1.29, 1.82) is 0 Å². The number of nitrogen functional groups attached to an aromatic ring is 2. The van der Waals surface area contributed by atoms with Gasteiger partial charge in [-0.15, -0.1) is 0 Å². The molecule has 0 aliphatic carbocycles. The van der Waals surface area contributed by atoms with Crippen molar-refractivity contribution in [2.24, 2.45) is 0 Å². The van der Waals surface area contributed by atoms with Crippen LogP contribution in [0.3, 0.4) is 0 Å². The average molecular weight is 1150 g/mol. The highest BCUT2D eigenvalue weighted by Gasteiger charge is 2.40. The zero-order valence-electron chi connectivity index (χ0n) is 46.6. The van der Waals surface area contributed by atoms with Crippen molar-refractivity contribution in [1.82, 2.24) is 60.3 Å². The van der Waals surface area contributed by atoms with Crippen molar-refractivity contribution in [2.75, 3.05) is 101 Å². The lowest BCUT2D eigenvalue weighted by molar-refractivity contribution is -0.113. The number of pyridine rings is 2. The Morgan fingerprint density at radius 3 is 1.46 bits per heavy atom. The van der Waals surface area contributed by atoms with Crippen LogP contribution in [0.5, 0.6) is 11.5 Å². The fourth-order valence-corrected chi connectivity index (χ4v) is 11.1. The van der Waals surface area contributed by atoms with Gasteiger partial charge in [0.2, 0.25) is 11.9 Å². The summed E-state index contributed by atoms with van der Waals surface area (Å²) in [6.07, 6.45) is 12.5. The SMILES string of the molecule is COc1c(C)cnc(CN2C(=O)/C(=C\c3[nH]cc(C(=O)NCCN4CCCC4)c3C)c3c(Cl)nc(N)nc32)c1C.COc1c(C)cnc(CN2C(=O)/C(=C\c3[nH]cc(C(=O)NCCN4CCOCC4)c3C)c3c(Cl)nc(N)nc32)c1C. The summed E-state index contributed by atoms with van der Waals surface area (Å²) < 4.78 is 16.5. The molecule has 0 atom stereocenters. The number of halogens is 2. The molecule has 23 nitrogen and oxygen atoms in total. The van der Waals surface area contributed by atoms with Gasteiger partial charge >= 0.3 is 0 Å². The summed E-state index contributed by atoms with van der Waals surface area (Å²) in [5, 5.41) is 6.11. The summed E-state index contributed by atoms with van der Waals surface area (Å²) in [7, 11) is 3.20. The summed E-state index contributed by atoms with van der Waals surface area (Å²) in [5.41, 5.74) is 21.5. The van der Waals surface area contributed by atoms with E-state index in [1.54, 1.807) is 51.2 Å². The molecule has 0 radical (unpaired) electrons. The molecule has 0 bridgehead atoms. The molecule has 2 saturated heterocycles. The number of rotatable bonds is 16. The zero-order chi connectivity index (χ0) is 57.8. The molecule has 10 rings (SSSR count). The van der Waals surface area contributed by atoms with Gasteiger partial charge in [0, 0.05) is 97.7 Å². The molecule has 8 N–H and O–H groups in total. The lowest BCUT2D eigenvalue weighted by Gasteiger charge is -2.26. The second-order valence-electron chi connectivity index (χ2n) is 20.1. The largest absolute Gasteiger partial charge is 0.496 e. The van der Waals surface area contributed by atoms with Gasteiger partial charge in [0.25, 0.3) is 23.6 Å². The molecule has 0 saturated carbocycles. The Labute approximate surface area is 478 Å². The molecule has 81 heavy (non-hydrogen) atoms. The van der Waals surface area contributed by atoms with Crippen molar-refractivity contribution in [3.8, 4) is 11.5 Å². The Balaban J connectivity index is 0.000000196.